The van der Waals surface area contributed by atoms with Gasteiger partial charge in [0.05, 0.1) is 13.2 Å². The molecule has 4 atom stereocenters. The Morgan fingerprint density at radius 2 is 1.93 bits per heavy atom. The molecule has 3 aliphatic heterocycles. The van der Waals surface area contributed by atoms with Crippen molar-refractivity contribution in [2.45, 2.75) is 32.0 Å². The van der Waals surface area contributed by atoms with E-state index in [4.69, 9.17) is 4.74 Å². The lowest BCUT2D eigenvalue weighted by atomic mass is 10.0. The van der Waals surface area contributed by atoms with Crippen molar-refractivity contribution in [1.29, 1.82) is 0 Å². The van der Waals surface area contributed by atoms with Crippen molar-refractivity contribution in [3.63, 3.8) is 0 Å². The molecule has 4 rings (SSSR count). The highest BCUT2D eigenvalue weighted by molar-refractivity contribution is 6.00. The summed E-state index contributed by atoms with van der Waals surface area (Å²) in [6, 6.07) is 9.73. The molecule has 3 aliphatic rings. The molecule has 28 heavy (non-hydrogen) atoms. The number of benzene rings is 1. The third-order valence-electron chi connectivity index (χ3n) is 5.92. The number of rotatable bonds is 5. The van der Waals surface area contributed by atoms with Gasteiger partial charge in [-0.15, -0.1) is 0 Å². The number of likely N-dealkylation sites (N-methyl/N-ethyl adjacent to an activating group) is 1. The summed E-state index contributed by atoms with van der Waals surface area (Å²) < 4.78 is 5.09. The largest absolute Gasteiger partial charge is 0.383 e. The van der Waals surface area contributed by atoms with E-state index in [-0.39, 0.29) is 37.0 Å². The number of urea groups is 1. The second-order valence-corrected chi connectivity index (χ2v) is 8.02. The lowest BCUT2D eigenvalue weighted by Gasteiger charge is -2.45. The molecule has 0 radical (unpaired) electrons. The van der Waals surface area contributed by atoms with Crippen LogP contribution in [0.1, 0.15) is 12.5 Å². The van der Waals surface area contributed by atoms with E-state index in [1.807, 2.05) is 18.2 Å². The Bertz CT molecular complexity index is 730. The molecular weight excluding hydrogens is 358 g/mol. The zero-order chi connectivity index (χ0) is 19.8. The maximum atomic E-state index is 13.2. The van der Waals surface area contributed by atoms with Crippen LogP contribution in [0.5, 0.6) is 0 Å². The van der Waals surface area contributed by atoms with Crippen LogP contribution in [0, 0.1) is 5.92 Å². The molecule has 1 aromatic rings. The van der Waals surface area contributed by atoms with Crippen LogP contribution in [-0.2, 0) is 16.1 Å². The molecule has 1 N–H and O–H groups in total. The van der Waals surface area contributed by atoms with E-state index in [9.17, 15) is 9.59 Å². The number of carbonyl (C=O) groups is 2. The van der Waals surface area contributed by atoms with Crippen LogP contribution in [0.2, 0.25) is 0 Å². The minimum atomic E-state index is -0.370. The summed E-state index contributed by atoms with van der Waals surface area (Å²) in [6.45, 7) is 5.42. The van der Waals surface area contributed by atoms with E-state index in [1.165, 1.54) is 10.5 Å². The number of nitrogens with one attached hydrogen (secondary N) is 1. The van der Waals surface area contributed by atoms with Gasteiger partial charge in [0.1, 0.15) is 18.5 Å². The summed E-state index contributed by atoms with van der Waals surface area (Å²) in [5.41, 5.74) is 1.24. The van der Waals surface area contributed by atoms with Crippen molar-refractivity contribution < 1.29 is 14.3 Å². The van der Waals surface area contributed by atoms with Crippen LogP contribution in [0.3, 0.4) is 0 Å². The van der Waals surface area contributed by atoms with E-state index >= 15 is 0 Å². The summed E-state index contributed by atoms with van der Waals surface area (Å²) >= 11 is 0. The molecule has 0 bridgehead atoms. The predicted octanol–water partition coefficient (Wildman–Crippen LogP) is 0.562. The first-order valence-corrected chi connectivity index (χ1v) is 9.88. The molecule has 3 fully saturated rings. The molecule has 3 heterocycles. The zero-order valence-corrected chi connectivity index (χ0v) is 16.7. The molecular formula is C20H29N5O3. The molecule has 8 heteroatoms. The van der Waals surface area contributed by atoms with Gasteiger partial charge in [0.25, 0.3) is 5.91 Å². The average Bonchev–Trinajstić information content (AvgIpc) is 3.07. The molecule has 0 aliphatic carbocycles. The van der Waals surface area contributed by atoms with Gasteiger partial charge in [-0.05, 0) is 11.5 Å². The van der Waals surface area contributed by atoms with E-state index in [0.717, 1.165) is 19.6 Å². The maximum Gasteiger partial charge on any atom is 0.327 e. The van der Waals surface area contributed by atoms with Gasteiger partial charge in [-0.25, -0.2) is 4.79 Å². The summed E-state index contributed by atoms with van der Waals surface area (Å²) in [6.07, 6.45) is -0.375. The fourth-order valence-corrected chi connectivity index (χ4v) is 4.64. The molecule has 3 amide bonds. The number of fused-ring (bicyclic) bond motifs is 3. The van der Waals surface area contributed by atoms with Gasteiger partial charge in [0.2, 0.25) is 0 Å². The van der Waals surface area contributed by atoms with Crippen molar-refractivity contribution in [3.05, 3.63) is 35.9 Å². The number of nitrogens with zero attached hydrogens (tertiary/aromatic N) is 4. The molecule has 4 unspecified atom stereocenters. The van der Waals surface area contributed by atoms with Crippen LogP contribution in [0.25, 0.3) is 0 Å². The van der Waals surface area contributed by atoms with Crippen molar-refractivity contribution in [2.24, 2.45) is 5.92 Å². The topological polar surface area (TPSA) is 68.4 Å². The molecule has 152 valence electrons. The first-order chi connectivity index (χ1) is 13.5. The van der Waals surface area contributed by atoms with Gasteiger partial charge >= 0.3 is 6.03 Å². The number of amides is 3. The molecule has 1 aromatic carbocycles. The zero-order valence-electron chi connectivity index (χ0n) is 16.7. The van der Waals surface area contributed by atoms with Gasteiger partial charge in [-0.3, -0.25) is 24.8 Å². The van der Waals surface area contributed by atoms with Crippen LogP contribution in [-0.4, -0.2) is 90.4 Å². The summed E-state index contributed by atoms with van der Waals surface area (Å²) in [4.78, 5) is 33.5. The Balaban J connectivity index is 1.59. The summed E-state index contributed by atoms with van der Waals surface area (Å²) in [7, 11) is 3.34. The van der Waals surface area contributed by atoms with Crippen molar-refractivity contribution in [1.82, 2.24) is 24.9 Å². The molecule has 0 aromatic heterocycles. The van der Waals surface area contributed by atoms with E-state index in [0.29, 0.717) is 12.5 Å². The second-order valence-electron chi connectivity index (χ2n) is 8.02. The minimum absolute atomic E-state index is 0.0621. The lowest BCUT2D eigenvalue weighted by Crippen LogP contribution is -2.66. The average molecular weight is 387 g/mol. The summed E-state index contributed by atoms with van der Waals surface area (Å²) in [5.74, 6) is 0.303. The highest BCUT2D eigenvalue weighted by Gasteiger charge is 2.56. The standard InChI is InChI=1S/C20H29N5O3/c1-14-11-23(13-15-7-5-4-6-8-15)19-21-17-16(25(19)12-14)18(26)24(9-10-28-3)20(27)22(17)2/h4-8,14,16-17,19,21H,9-13H2,1-3H3. The Kier molecular flexibility index (Phi) is 5.37. The normalized spacial score (nSPS) is 31.2. The maximum absolute atomic E-state index is 13.2. The number of methoxy groups -OCH3 is 1. The first-order valence-electron chi connectivity index (χ1n) is 9.88. The van der Waals surface area contributed by atoms with E-state index < -0.39 is 0 Å². The fraction of sp³-hybridized carbons (Fsp3) is 0.600. The van der Waals surface area contributed by atoms with E-state index in [1.54, 1.807) is 19.1 Å². The van der Waals surface area contributed by atoms with Crippen LogP contribution in [0.4, 0.5) is 4.79 Å². The first kappa shape index (κ1) is 19.3. The van der Waals surface area contributed by atoms with Crippen LogP contribution in [0.15, 0.2) is 30.3 Å². The van der Waals surface area contributed by atoms with Gasteiger partial charge < -0.3 is 9.64 Å². The van der Waals surface area contributed by atoms with Gasteiger partial charge in [0.15, 0.2) is 0 Å². The van der Waals surface area contributed by atoms with Crippen LogP contribution < -0.4 is 5.32 Å². The minimum Gasteiger partial charge on any atom is -0.383 e. The second kappa shape index (κ2) is 7.79. The Morgan fingerprint density at radius 1 is 1.18 bits per heavy atom. The third kappa shape index (κ3) is 3.30. The van der Waals surface area contributed by atoms with Gasteiger partial charge in [-0.2, -0.15) is 0 Å². The number of hydrogen-bond donors (Lipinski definition) is 1. The quantitative estimate of drug-likeness (QED) is 0.797. The number of imide groups is 1. The van der Waals surface area contributed by atoms with Gasteiger partial charge in [-0.1, -0.05) is 37.3 Å². The Morgan fingerprint density at radius 3 is 2.64 bits per heavy atom. The van der Waals surface area contributed by atoms with Crippen molar-refractivity contribution in [2.75, 3.05) is 40.4 Å². The Labute approximate surface area is 166 Å². The van der Waals surface area contributed by atoms with Crippen LogP contribution >= 0.6 is 0 Å². The lowest BCUT2D eigenvalue weighted by molar-refractivity contribution is -0.141. The van der Waals surface area contributed by atoms with Crippen molar-refractivity contribution in [3.8, 4) is 0 Å². The summed E-state index contributed by atoms with van der Waals surface area (Å²) in [5, 5.41) is 3.55. The molecule has 0 saturated carbocycles. The van der Waals surface area contributed by atoms with Crippen molar-refractivity contribution >= 4 is 11.9 Å². The highest BCUT2D eigenvalue weighted by atomic mass is 16.5. The Hall–Kier alpha value is -2.00. The number of ether oxygens (including phenoxy) is 1. The predicted molar refractivity (Wildman–Crippen MR) is 104 cm³/mol. The highest BCUT2D eigenvalue weighted by Crippen LogP contribution is 2.32. The third-order valence-corrected chi connectivity index (χ3v) is 5.92. The van der Waals surface area contributed by atoms with E-state index in [2.05, 4.69) is 34.2 Å². The SMILES string of the molecule is COCCN1C(=O)C2C(NC3N(Cc4ccccc4)CC(C)CN23)N(C)C1=O. The number of hydrogen-bond acceptors (Lipinski definition) is 6. The molecule has 0 spiro atoms. The van der Waals surface area contributed by atoms with Gasteiger partial charge in [0, 0.05) is 33.8 Å². The smallest absolute Gasteiger partial charge is 0.327 e. The fourth-order valence-electron chi connectivity index (χ4n) is 4.64. The molecule has 8 nitrogen and oxygen atoms in total. The monoisotopic (exact) mass is 387 g/mol. The molecule has 3 saturated heterocycles. The number of carbonyl (C=O) groups excluding carboxylic acids is 2.